The molecule has 13 nitrogen and oxygen atoms in total. The van der Waals surface area contributed by atoms with Gasteiger partial charge < -0.3 is 51.2 Å². The molecule has 0 aromatic rings. The van der Waals surface area contributed by atoms with Crippen LogP contribution in [0.1, 0.15) is 145 Å². The lowest BCUT2D eigenvalue weighted by Crippen LogP contribution is -2.49. The minimum absolute atomic E-state index is 0. The second kappa shape index (κ2) is 26.0. The first-order chi connectivity index (χ1) is 31.1. The Labute approximate surface area is 440 Å². The van der Waals surface area contributed by atoms with E-state index in [0.717, 1.165) is 5.57 Å². The molecule has 1 N–H and O–H groups in total. The Kier molecular flexibility index (Phi) is 25.7. The van der Waals surface area contributed by atoms with Gasteiger partial charge in [-0.1, -0.05) is 97.1 Å². The Hall–Kier alpha value is -0.812. The Morgan fingerprint density at radius 1 is 0.549 bits per heavy atom. The molecular weight excluding hydrogens is 969 g/mol. The van der Waals surface area contributed by atoms with Gasteiger partial charge in [0.15, 0.2) is 33.3 Å². The summed E-state index contributed by atoms with van der Waals surface area (Å²) in [5.41, 5.74) is -0.383. The predicted octanol–water partition coefficient (Wildman–Crippen LogP) is 12.9. The molecule has 17 heteroatoms. The zero-order chi connectivity index (χ0) is 55.2. The molecule has 2 aliphatic heterocycles. The number of aliphatic hydroxyl groups excluding tert-OH is 1. The van der Waals surface area contributed by atoms with Crippen LogP contribution < -0.4 is 0 Å². The molecule has 0 unspecified atom stereocenters. The smallest absolute Gasteiger partial charge is 0.311 e. The summed E-state index contributed by atoms with van der Waals surface area (Å²) in [6.45, 7) is 61.1. The van der Waals surface area contributed by atoms with E-state index in [2.05, 4.69) is 142 Å². The average molecular weight is 1080 g/mol. The minimum atomic E-state index is -2.09. The van der Waals surface area contributed by atoms with Gasteiger partial charge in [0.2, 0.25) is 0 Å². The Morgan fingerprint density at radius 3 is 1.23 bits per heavy atom. The summed E-state index contributed by atoms with van der Waals surface area (Å²) < 4.78 is 61.8. The van der Waals surface area contributed by atoms with Crippen molar-refractivity contribution < 1.29 is 60.8 Å². The second-order valence-electron chi connectivity index (χ2n) is 28.1. The van der Waals surface area contributed by atoms with E-state index in [0.29, 0.717) is 26.1 Å². The molecule has 9 atom stereocenters. The van der Waals surface area contributed by atoms with Gasteiger partial charge in [0.1, 0.15) is 43.7 Å². The number of aliphatic hydroxyl groups is 1. The number of hydrogen-bond donors (Lipinski definition) is 1. The van der Waals surface area contributed by atoms with Crippen LogP contribution >= 0.6 is 0 Å². The van der Waals surface area contributed by atoms with Crippen molar-refractivity contribution in [2.24, 2.45) is 10.8 Å². The maximum absolute atomic E-state index is 12.3. The molecule has 0 aromatic heterocycles. The number of carbonyl (C=O) groups is 2. The molecule has 2 heterocycles. The van der Waals surface area contributed by atoms with Gasteiger partial charge in [-0.2, -0.15) is 0 Å². The highest BCUT2D eigenvalue weighted by atomic mass is 28.4. The zero-order valence-corrected chi connectivity index (χ0v) is 54.0. The van der Waals surface area contributed by atoms with Gasteiger partial charge in [0.25, 0.3) is 0 Å². The standard InChI is InChI=1S/C27H54O6Si2.C26H54O7Si2.CH4/c1-19-22(18-30-24(28)25(2,3)4)32-21(23(19)29-11)16-20(33-35(14,15)27(8,9)10)17-31-34(12,13)26(5,6)7;1-24(2,3)23(28)30-17-20-21(27)22(29-10)19(32-20)15-18(33-35(13,14)26(7,8)9)16-31-34(11,12)25(4,5)6;/h20-23H,1,16-18H2,2-15H3;18-22,27H,15-17H2,1-14H3;1H4/t20-,21+,22-,23+;18-,19+,20-,21-,22-;/m00./s1. The number of esters is 2. The van der Waals surface area contributed by atoms with Gasteiger partial charge in [-0.15, -0.1) is 0 Å². The van der Waals surface area contributed by atoms with Gasteiger partial charge in [-0.05, 0) is 120 Å². The molecule has 2 fully saturated rings. The highest BCUT2D eigenvalue weighted by Crippen LogP contribution is 2.43. The van der Waals surface area contributed by atoms with E-state index in [9.17, 15) is 14.7 Å². The zero-order valence-electron chi connectivity index (χ0n) is 50.0. The van der Waals surface area contributed by atoms with Crippen LogP contribution in [0.3, 0.4) is 0 Å². The summed E-state index contributed by atoms with van der Waals surface area (Å²) in [6, 6.07) is 0. The van der Waals surface area contributed by atoms with Crippen LogP contribution in [0.4, 0.5) is 0 Å². The normalized spacial score (nSPS) is 24.2. The summed E-state index contributed by atoms with van der Waals surface area (Å²) in [5.74, 6) is -0.583. The Bertz CT molecular complexity index is 1660. The molecule has 0 radical (unpaired) electrons. The van der Waals surface area contributed by atoms with Crippen molar-refractivity contribution in [2.45, 2.75) is 272 Å². The van der Waals surface area contributed by atoms with Crippen LogP contribution in [0, 0.1) is 10.8 Å². The SMILES string of the molecule is C.C=C1[C@H](COC(=O)C(C)(C)C)O[C@H](C[C@@H](CO[Si](C)(C)C(C)(C)C)O[Si](C)(C)C(C)(C)C)[C@@H]1OC.CO[C@@H]1[C@@H](O)[C@H](COC(=O)C(C)(C)C)O[C@@H]1C[C@@H](CO[Si](C)(C)C(C)(C)C)O[Si](C)(C)C(C)(C)C. The fraction of sp³-hybridized carbons (Fsp3) is 0.926. The van der Waals surface area contributed by atoms with Crippen LogP contribution in [0.15, 0.2) is 12.2 Å². The molecule has 0 saturated carbocycles. The van der Waals surface area contributed by atoms with E-state index in [1.165, 1.54) is 0 Å². The first-order valence-electron chi connectivity index (χ1n) is 25.8. The fourth-order valence-electron chi connectivity index (χ4n) is 6.64. The van der Waals surface area contributed by atoms with Crippen molar-refractivity contribution in [1.82, 2.24) is 0 Å². The van der Waals surface area contributed by atoms with Crippen molar-refractivity contribution in [2.75, 3.05) is 40.6 Å². The van der Waals surface area contributed by atoms with Gasteiger partial charge in [-0.25, -0.2) is 0 Å². The topological polar surface area (TPSA) is 147 Å². The third-order valence-electron chi connectivity index (χ3n) is 15.8. The van der Waals surface area contributed by atoms with Crippen LogP contribution in [0.5, 0.6) is 0 Å². The van der Waals surface area contributed by atoms with Crippen molar-refractivity contribution in [3.63, 3.8) is 0 Å². The number of hydrogen-bond acceptors (Lipinski definition) is 13. The van der Waals surface area contributed by atoms with Crippen LogP contribution in [-0.2, 0) is 55.7 Å². The van der Waals surface area contributed by atoms with E-state index in [-0.39, 0.29) is 77.1 Å². The monoisotopic (exact) mass is 1080 g/mol. The highest BCUT2D eigenvalue weighted by molar-refractivity contribution is 6.75. The van der Waals surface area contributed by atoms with E-state index in [1.807, 2.05) is 20.8 Å². The Balaban J connectivity index is 0.00000136. The Morgan fingerprint density at radius 2 is 0.901 bits per heavy atom. The van der Waals surface area contributed by atoms with Crippen LogP contribution in [0.25, 0.3) is 0 Å². The van der Waals surface area contributed by atoms with Gasteiger partial charge in [-0.3, -0.25) is 9.59 Å². The third kappa shape index (κ3) is 20.6. The lowest BCUT2D eigenvalue weighted by Gasteiger charge is -2.42. The summed E-state index contributed by atoms with van der Waals surface area (Å²) in [6.07, 6.45) is -2.58. The largest absolute Gasteiger partial charge is 0.462 e. The van der Waals surface area contributed by atoms with E-state index < -0.39 is 74.6 Å². The third-order valence-corrected chi connectivity index (χ3v) is 33.9. The van der Waals surface area contributed by atoms with E-state index in [1.54, 1.807) is 35.0 Å². The molecule has 0 aromatic carbocycles. The quantitative estimate of drug-likeness (QED) is 0.0701. The highest BCUT2D eigenvalue weighted by Gasteiger charge is 2.49. The summed E-state index contributed by atoms with van der Waals surface area (Å²) in [5, 5.41) is 11.2. The molecule has 0 aliphatic carbocycles. The lowest BCUT2D eigenvalue weighted by atomic mass is 9.97. The maximum atomic E-state index is 12.3. The number of rotatable bonds is 20. The molecule has 2 saturated heterocycles. The number of methoxy groups -OCH3 is 2. The van der Waals surface area contributed by atoms with Crippen molar-refractivity contribution >= 4 is 45.2 Å². The van der Waals surface area contributed by atoms with Gasteiger partial charge >= 0.3 is 11.9 Å². The van der Waals surface area contributed by atoms with Gasteiger partial charge in [0, 0.05) is 27.1 Å². The van der Waals surface area contributed by atoms with Crippen molar-refractivity contribution in [3.05, 3.63) is 12.2 Å². The number of carbonyl (C=O) groups excluding carboxylic acids is 2. The summed E-state index contributed by atoms with van der Waals surface area (Å²) in [4.78, 5) is 24.5. The van der Waals surface area contributed by atoms with Crippen molar-refractivity contribution in [1.29, 1.82) is 0 Å². The molecule has 0 bridgehead atoms. The second-order valence-corrected chi connectivity index (χ2v) is 47.2. The lowest BCUT2D eigenvalue weighted by molar-refractivity contribution is -0.158. The first kappa shape index (κ1) is 70.2. The molecule has 0 amide bonds. The summed E-state index contributed by atoms with van der Waals surface area (Å²) >= 11 is 0. The molecule has 422 valence electrons. The van der Waals surface area contributed by atoms with E-state index in [4.69, 9.17) is 46.1 Å². The summed E-state index contributed by atoms with van der Waals surface area (Å²) in [7, 11) is -4.83. The van der Waals surface area contributed by atoms with Gasteiger partial charge in [0.05, 0.1) is 48.5 Å². The minimum Gasteiger partial charge on any atom is -0.462 e. The average Bonchev–Trinajstić information content (AvgIpc) is 3.63. The molecule has 71 heavy (non-hydrogen) atoms. The molecular formula is C54H112O13Si4. The fourth-order valence-corrected chi connectivity index (χ4v) is 11.4. The first-order valence-corrected chi connectivity index (χ1v) is 37.4. The molecule has 2 aliphatic rings. The predicted molar refractivity (Wildman–Crippen MR) is 301 cm³/mol. The van der Waals surface area contributed by atoms with Crippen LogP contribution in [-0.4, -0.2) is 146 Å². The van der Waals surface area contributed by atoms with E-state index >= 15 is 0 Å². The molecule has 2 rings (SSSR count). The number of ether oxygens (including phenoxy) is 6. The molecule has 0 spiro atoms. The van der Waals surface area contributed by atoms with Crippen LogP contribution in [0.2, 0.25) is 72.5 Å². The van der Waals surface area contributed by atoms with Crippen molar-refractivity contribution in [3.8, 4) is 0 Å². The maximum Gasteiger partial charge on any atom is 0.311 e.